The number of ether oxygens (including phenoxy) is 3. The zero-order valence-corrected chi connectivity index (χ0v) is 11.0. The standard InChI is InChI=1S/C9H10O3.C4H10O2/c1-2-12-9(11)7-5-3-4-6-8(7)10;1-5-3-4-6-2/h3-6,10H,2H2,1H3;3-4H2,1-2H3. The molecule has 1 N–H and O–H groups in total. The van der Waals surface area contributed by atoms with E-state index in [1.54, 1.807) is 33.3 Å². The summed E-state index contributed by atoms with van der Waals surface area (Å²) in [5.74, 6) is -0.536. The lowest BCUT2D eigenvalue weighted by Crippen LogP contribution is -2.04. The molecule has 102 valence electrons. The molecule has 0 aliphatic rings. The molecule has 0 aromatic heterocycles. The van der Waals surface area contributed by atoms with Gasteiger partial charge >= 0.3 is 5.97 Å². The Morgan fingerprint density at radius 1 is 1.17 bits per heavy atom. The minimum Gasteiger partial charge on any atom is -0.507 e. The van der Waals surface area contributed by atoms with Crippen LogP contribution in [0.2, 0.25) is 0 Å². The van der Waals surface area contributed by atoms with E-state index in [2.05, 4.69) is 9.47 Å². The highest BCUT2D eigenvalue weighted by Crippen LogP contribution is 2.16. The van der Waals surface area contributed by atoms with Crippen molar-refractivity contribution in [2.45, 2.75) is 6.92 Å². The summed E-state index contributed by atoms with van der Waals surface area (Å²) in [7, 11) is 3.30. The molecule has 0 aliphatic heterocycles. The van der Waals surface area contributed by atoms with Crippen molar-refractivity contribution in [3.63, 3.8) is 0 Å². The van der Waals surface area contributed by atoms with E-state index in [-0.39, 0.29) is 11.3 Å². The lowest BCUT2D eigenvalue weighted by Gasteiger charge is -2.02. The van der Waals surface area contributed by atoms with E-state index in [1.807, 2.05) is 0 Å². The number of hydrogen-bond acceptors (Lipinski definition) is 5. The Bertz CT molecular complexity index is 334. The van der Waals surface area contributed by atoms with Crippen molar-refractivity contribution in [2.24, 2.45) is 0 Å². The van der Waals surface area contributed by atoms with Gasteiger partial charge in [0.1, 0.15) is 11.3 Å². The topological polar surface area (TPSA) is 65.0 Å². The molecule has 1 aromatic rings. The molecule has 0 bridgehead atoms. The molecule has 5 heteroatoms. The van der Waals surface area contributed by atoms with Crippen LogP contribution in [0.5, 0.6) is 5.75 Å². The second-order valence-corrected chi connectivity index (χ2v) is 3.22. The van der Waals surface area contributed by atoms with E-state index in [4.69, 9.17) is 4.74 Å². The van der Waals surface area contributed by atoms with Gasteiger partial charge in [0, 0.05) is 14.2 Å². The summed E-state index contributed by atoms with van der Waals surface area (Å²) in [4.78, 5) is 11.1. The van der Waals surface area contributed by atoms with E-state index in [0.717, 1.165) is 0 Å². The van der Waals surface area contributed by atoms with Gasteiger partial charge in [-0.2, -0.15) is 0 Å². The van der Waals surface area contributed by atoms with Gasteiger partial charge in [0.15, 0.2) is 0 Å². The van der Waals surface area contributed by atoms with Crippen LogP contribution in [0.25, 0.3) is 0 Å². The van der Waals surface area contributed by atoms with Crippen LogP contribution in [0.3, 0.4) is 0 Å². The third-order valence-corrected chi connectivity index (χ3v) is 1.89. The molecule has 0 atom stereocenters. The average Bonchev–Trinajstić information content (AvgIpc) is 2.38. The lowest BCUT2D eigenvalue weighted by atomic mass is 10.2. The van der Waals surface area contributed by atoms with E-state index in [9.17, 15) is 9.90 Å². The molecule has 18 heavy (non-hydrogen) atoms. The van der Waals surface area contributed by atoms with E-state index < -0.39 is 5.97 Å². The molecule has 0 spiro atoms. The first-order valence-corrected chi connectivity index (χ1v) is 5.60. The van der Waals surface area contributed by atoms with Crippen molar-refractivity contribution in [3.05, 3.63) is 29.8 Å². The highest BCUT2D eigenvalue weighted by molar-refractivity contribution is 5.92. The zero-order valence-electron chi connectivity index (χ0n) is 11.0. The first-order chi connectivity index (χ1) is 8.67. The largest absolute Gasteiger partial charge is 0.507 e. The molecular weight excluding hydrogens is 236 g/mol. The molecule has 0 unspecified atom stereocenters. The van der Waals surface area contributed by atoms with Gasteiger partial charge in [0.05, 0.1) is 19.8 Å². The van der Waals surface area contributed by atoms with Gasteiger partial charge in [-0.3, -0.25) is 0 Å². The maximum atomic E-state index is 11.1. The fourth-order valence-electron chi connectivity index (χ4n) is 1.02. The molecule has 5 nitrogen and oxygen atoms in total. The number of phenolic OH excluding ortho intramolecular Hbond substituents is 1. The summed E-state index contributed by atoms with van der Waals surface area (Å²) in [5.41, 5.74) is 0.208. The molecule has 0 amide bonds. The predicted octanol–water partition coefficient (Wildman–Crippen LogP) is 1.85. The molecular formula is C13H20O5. The SMILES string of the molecule is CCOC(=O)c1ccccc1O.COCCOC. The number of benzene rings is 1. The van der Waals surface area contributed by atoms with Crippen LogP contribution in [-0.4, -0.2) is 45.1 Å². The smallest absolute Gasteiger partial charge is 0.341 e. The molecule has 1 rings (SSSR count). The van der Waals surface area contributed by atoms with Gasteiger partial charge in [-0.15, -0.1) is 0 Å². The third-order valence-electron chi connectivity index (χ3n) is 1.89. The van der Waals surface area contributed by atoms with Gasteiger partial charge < -0.3 is 19.3 Å². The normalized spacial score (nSPS) is 9.28. The Kier molecular flexibility index (Phi) is 9.62. The summed E-state index contributed by atoms with van der Waals surface area (Å²) in [5, 5.41) is 9.21. The van der Waals surface area contributed by atoms with Crippen LogP contribution in [0.15, 0.2) is 24.3 Å². The Labute approximate surface area is 107 Å². The maximum Gasteiger partial charge on any atom is 0.341 e. The number of phenols is 1. The molecule has 0 heterocycles. The Morgan fingerprint density at radius 3 is 2.17 bits per heavy atom. The van der Waals surface area contributed by atoms with Gasteiger partial charge in [0.2, 0.25) is 0 Å². The van der Waals surface area contributed by atoms with Crippen molar-refractivity contribution in [2.75, 3.05) is 34.0 Å². The molecule has 0 radical (unpaired) electrons. The molecule has 1 aromatic carbocycles. The summed E-state index contributed by atoms with van der Waals surface area (Å²) in [6, 6.07) is 6.30. The second-order valence-electron chi connectivity index (χ2n) is 3.22. The minimum atomic E-state index is -0.490. The molecule has 0 fully saturated rings. The Balaban J connectivity index is 0.000000411. The van der Waals surface area contributed by atoms with Crippen molar-refractivity contribution in [1.82, 2.24) is 0 Å². The lowest BCUT2D eigenvalue weighted by molar-refractivity contribution is 0.0523. The average molecular weight is 256 g/mol. The van der Waals surface area contributed by atoms with E-state index in [1.165, 1.54) is 12.1 Å². The fraction of sp³-hybridized carbons (Fsp3) is 0.462. The quantitative estimate of drug-likeness (QED) is 0.643. The Hall–Kier alpha value is -1.59. The van der Waals surface area contributed by atoms with Crippen LogP contribution in [0.1, 0.15) is 17.3 Å². The maximum absolute atomic E-state index is 11.1. The molecule has 0 aliphatic carbocycles. The number of hydrogen-bond donors (Lipinski definition) is 1. The predicted molar refractivity (Wildman–Crippen MR) is 67.8 cm³/mol. The first-order valence-electron chi connectivity index (χ1n) is 5.60. The van der Waals surface area contributed by atoms with Crippen LogP contribution < -0.4 is 0 Å². The third kappa shape index (κ3) is 6.88. The number of methoxy groups -OCH3 is 2. The highest BCUT2D eigenvalue weighted by Gasteiger charge is 2.09. The molecule has 0 saturated carbocycles. The van der Waals surface area contributed by atoms with E-state index >= 15 is 0 Å². The van der Waals surface area contributed by atoms with Crippen molar-refractivity contribution < 1.29 is 24.1 Å². The van der Waals surface area contributed by atoms with Crippen LogP contribution in [0.4, 0.5) is 0 Å². The van der Waals surface area contributed by atoms with Crippen molar-refractivity contribution in [3.8, 4) is 5.75 Å². The fourth-order valence-corrected chi connectivity index (χ4v) is 1.02. The van der Waals surface area contributed by atoms with Crippen molar-refractivity contribution in [1.29, 1.82) is 0 Å². The van der Waals surface area contributed by atoms with Crippen LogP contribution >= 0.6 is 0 Å². The Morgan fingerprint density at radius 2 is 1.72 bits per heavy atom. The number of rotatable bonds is 5. The summed E-state index contributed by atoms with van der Waals surface area (Å²) in [6.45, 7) is 3.41. The van der Waals surface area contributed by atoms with Gasteiger partial charge in [0.25, 0.3) is 0 Å². The number of aromatic hydroxyl groups is 1. The van der Waals surface area contributed by atoms with Gasteiger partial charge in [-0.1, -0.05) is 12.1 Å². The summed E-state index contributed by atoms with van der Waals surface area (Å²) < 4.78 is 14.0. The van der Waals surface area contributed by atoms with Gasteiger partial charge in [-0.25, -0.2) is 4.79 Å². The summed E-state index contributed by atoms with van der Waals surface area (Å²) >= 11 is 0. The van der Waals surface area contributed by atoms with Crippen LogP contribution in [0, 0.1) is 0 Å². The number of carbonyl (C=O) groups is 1. The number of esters is 1. The zero-order chi connectivity index (χ0) is 13.8. The monoisotopic (exact) mass is 256 g/mol. The number of para-hydroxylation sites is 1. The van der Waals surface area contributed by atoms with Crippen molar-refractivity contribution >= 4 is 5.97 Å². The first kappa shape index (κ1) is 16.4. The molecule has 0 saturated heterocycles. The minimum absolute atomic E-state index is 0.0454. The number of carbonyl (C=O) groups excluding carboxylic acids is 1. The highest BCUT2D eigenvalue weighted by atomic mass is 16.5. The summed E-state index contributed by atoms with van der Waals surface area (Å²) in [6.07, 6.45) is 0. The second kappa shape index (κ2) is 10.6. The van der Waals surface area contributed by atoms with E-state index in [0.29, 0.717) is 19.8 Å². The van der Waals surface area contributed by atoms with Crippen LogP contribution in [-0.2, 0) is 14.2 Å². The van der Waals surface area contributed by atoms with Gasteiger partial charge in [-0.05, 0) is 19.1 Å².